The zero-order valence-electron chi connectivity index (χ0n) is 12.8. The average molecular weight is 324 g/mol. The molecule has 0 unspecified atom stereocenters. The number of amides is 1. The Kier molecular flexibility index (Phi) is 8.26. The number of carbonyl (C=O) groups is 2. The smallest absolute Gasteiger partial charge is 0.422 e. The molecule has 0 saturated carbocycles. The summed E-state index contributed by atoms with van der Waals surface area (Å²) in [7, 11) is -4.06. The molecule has 1 atom stereocenters. The van der Waals surface area contributed by atoms with Crippen molar-refractivity contribution in [2.45, 2.75) is 46.6 Å². The summed E-state index contributed by atoms with van der Waals surface area (Å²) in [5.74, 6) is -1.11. The van der Waals surface area contributed by atoms with Gasteiger partial charge in [0, 0.05) is 13.0 Å². The van der Waals surface area contributed by atoms with Crippen LogP contribution in [0.3, 0.4) is 0 Å². The maximum Gasteiger partial charge on any atom is 0.422 e. The lowest BCUT2D eigenvalue weighted by molar-refractivity contribution is -0.138. The molecule has 0 aromatic carbocycles. The van der Waals surface area contributed by atoms with Crippen LogP contribution in [0, 0.1) is 11.8 Å². The van der Waals surface area contributed by atoms with E-state index >= 15 is 0 Å². The van der Waals surface area contributed by atoms with Crippen molar-refractivity contribution in [2.24, 2.45) is 11.8 Å². The molecule has 8 nitrogen and oxygen atoms in total. The first-order valence-electron chi connectivity index (χ1n) is 6.71. The minimum Gasteiger partial charge on any atom is -0.481 e. The minimum absolute atomic E-state index is 0.0607. The number of carboxylic acids is 1. The van der Waals surface area contributed by atoms with Crippen LogP contribution in [0.4, 0.5) is 4.79 Å². The Labute approximate surface area is 125 Å². The van der Waals surface area contributed by atoms with Gasteiger partial charge in [-0.1, -0.05) is 13.8 Å². The molecule has 0 spiro atoms. The van der Waals surface area contributed by atoms with Gasteiger partial charge in [0.15, 0.2) is 0 Å². The van der Waals surface area contributed by atoms with E-state index < -0.39 is 28.4 Å². The van der Waals surface area contributed by atoms with Gasteiger partial charge in [0.25, 0.3) is 0 Å². The number of aliphatic carboxylic acids is 1. The summed E-state index contributed by atoms with van der Waals surface area (Å²) >= 11 is 0. The third-order valence-corrected chi connectivity index (χ3v) is 3.37. The first-order valence-corrected chi connectivity index (χ1v) is 8.20. The lowest BCUT2D eigenvalue weighted by Gasteiger charge is -2.18. The second-order valence-electron chi connectivity index (χ2n) is 5.50. The Hall–Kier alpha value is -1.35. The molecule has 3 N–H and O–H groups in total. The third kappa shape index (κ3) is 11.0. The van der Waals surface area contributed by atoms with Crippen LogP contribution in [0.15, 0.2) is 0 Å². The van der Waals surface area contributed by atoms with Crippen molar-refractivity contribution >= 4 is 22.3 Å². The molecule has 0 rings (SSSR count). The summed E-state index contributed by atoms with van der Waals surface area (Å²) in [4.78, 5) is 22.0. The van der Waals surface area contributed by atoms with Crippen molar-refractivity contribution in [1.29, 1.82) is 0 Å². The molecule has 0 aromatic rings. The standard InChI is InChI=1S/C12H24N2O6S/c1-8(2)5-10(6-11(15)16)7-13-21(18,19)14-12(17)20-9(3)4/h8-10,13H,5-7H2,1-4H3,(H,14,17)(H,15,16)/t10-/m0/s1. The molecule has 0 aliphatic rings. The predicted octanol–water partition coefficient (Wildman–Crippen LogP) is 1.09. The highest BCUT2D eigenvalue weighted by atomic mass is 32.2. The molecular weight excluding hydrogens is 300 g/mol. The number of rotatable bonds is 9. The van der Waals surface area contributed by atoms with Gasteiger partial charge in [-0.2, -0.15) is 13.1 Å². The van der Waals surface area contributed by atoms with Crippen LogP contribution in [0.1, 0.15) is 40.5 Å². The summed E-state index contributed by atoms with van der Waals surface area (Å²) in [5, 5.41) is 8.80. The van der Waals surface area contributed by atoms with Crippen molar-refractivity contribution < 1.29 is 27.9 Å². The van der Waals surface area contributed by atoms with Crippen LogP contribution in [0.25, 0.3) is 0 Å². The molecule has 0 aromatic heterocycles. The van der Waals surface area contributed by atoms with Crippen LogP contribution in [-0.4, -0.2) is 38.2 Å². The van der Waals surface area contributed by atoms with Gasteiger partial charge in [0.1, 0.15) is 0 Å². The van der Waals surface area contributed by atoms with Crippen molar-refractivity contribution in [3.05, 3.63) is 0 Å². The lowest BCUT2D eigenvalue weighted by Crippen LogP contribution is -2.43. The maximum absolute atomic E-state index is 11.6. The van der Waals surface area contributed by atoms with Crippen LogP contribution < -0.4 is 9.44 Å². The summed E-state index contributed by atoms with van der Waals surface area (Å²) in [6, 6.07) is 0. The topological polar surface area (TPSA) is 122 Å². The fourth-order valence-corrected chi connectivity index (χ4v) is 2.56. The van der Waals surface area contributed by atoms with Gasteiger partial charge in [-0.15, -0.1) is 0 Å². The Balaban J connectivity index is 4.48. The van der Waals surface area contributed by atoms with E-state index in [0.29, 0.717) is 6.42 Å². The second kappa shape index (κ2) is 8.83. The number of hydrogen-bond donors (Lipinski definition) is 3. The number of hydrogen-bond acceptors (Lipinski definition) is 5. The van der Waals surface area contributed by atoms with E-state index in [1.54, 1.807) is 18.6 Å². The zero-order chi connectivity index (χ0) is 16.6. The van der Waals surface area contributed by atoms with Gasteiger partial charge < -0.3 is 9.84 Å². The first-order chi connectivity index (χ1) is 9.51. The van der Waals surface area contributed by atoms with Crippen LogP contribution in [0.2, 0.25) is 0 Å². The van der Waals surface area contributed by atoms with Gasteiger partial charge in [0.2, 0.25) is 0 Å². The number of ether oxygens (including phenoxy) is 1. The Morgan fingerprint density at radius 1 is 1.19 bits per heavy atom. The third-order valence-electron chi connectivity index (χ3n) is 2.39. The Morgan fingerprint density at radius 2 is 1.76 bits per heavy atom. The van der Waals surface area contributed by atoms with Crippen LogP contribution >= 0.6 is 0 Å². The largest absolute Gasteiger partial charge is 0.481 e. The fraction of sp³-hybridized carbons (Fsp3) is 0.833. The minimum atomic E-state index is -4.06. The molecule has 21 heavy (non-hydrogen) atoms. The first kappa shape index (κ1) is 19.7. The van der Waals surface area contributed by atoms with E-state index in [1.165, 1.54) is 0 Å². The number of carbonyl (C=O) groups excluding carboxylic acids is 1. The predicted molar refractivity (Wildman–Crippen MR) is 76.9 cm³/mol. The van der Waals surface area contributed by atoms with Crippen molar-refractivity contribution in [1.82, 2.24) is 9.44 Å². The van der Waals surface area contributed by atoms with Crippen molar-refractivity contribution in [2.75, 3.05) is 6.54 Å². The van der Waals surface area contributed by atoms with Crippen LogP contribution in [-0.2, 0) is 19.7 Å². The Bertz CT molecular complexity index is 447. The van der Waals surface area contributed by atoms with E-state index in [9.17, 15) is 18.0 Å². The maximum atomic E-state index is 11.6. The quantitative estimate of drug-likeness (QED) is 0.583. The van der Waals surface area contributed by atoms with E-state index in [0.717, 1.165) is 0 Å². The molecule has 0 bridgehead atoms. The lowest BCUT2D eigenvalue weighted by atomic mass is 9.94. The van der Waals surface area contributed by atoms with E-state index in [2.05, 4.69) is 9.46 Å². The van der Waals surface area contributed by atoms with Gasteiger partial charge in [-0.3, -0.25) is 4.79 Å². The average Bonchev–Trinajstić information content (AvgIpc) is 2.22. The van der Waals surface area contributed by atoms with E-state index in [1.807, 2.05) is 13.8 Å². The molecule has 1 amide bonds. The molecule has 9 heteroatoms. The molecule has 0 aliphatic heterocycles. The second-order valence-corrected chi connectivity index (χ2v) is 7.00. The Morgan fingerprint density at radius 3 is 2.19 bits per heavy atom. The highest BCUT2D eigenvalue weighted by molar-refractivity contribution is 7.88. The van der Waals surface area contributed by atoms with Gasteiger partial charge >= 0.3 is 22.3 Å². The van der Waals surface area contributed by atoms with Gasteiger partial charge in [-0.05, 0) is 32.1 Å². The highest BCUT2D eigenvalue weighted by Gasteiger charge is 2.20. The summed E-state index contributed by atoms with van der Waals surface area (Å²) in [6.45, 7) is 6.95. The van der Waals surface area contributed by atoms with Gasteiger partial charge in [0.05, 0.1) is 6.10 Å². The monoisotopic (exact) mass is 324 g/mol. The molecule has 0 saturated heterocycles. The molecule has 0 heterocycles. The van der Waals surface area contributed by atoms with Crippen molar-refractivity contribution in [3.8, 4) is 0 Å². The fourth-order valence-electron chi connectivity index (χ4n) is 1.76. The molecular formula is C12H24N2O6S. The number of carboxylic acid groups (broad SMARTS) is 1. The van der Waals surface area contributed by atoms with E-state index in [-0.39, 0.29) is 24.8 Å². The zero-order valence-corrected chi connectivity index (χ0v) is 13.6. The molecule has 0 aliphatic carbocycles. The van der Waals surface area contributed by atoms with E-state index in [4.69, 9.17) is 5.11 Å². The molecule has 0 fully saturated rings. The van der Waals surface area contributed by atoms with Gasteiger partial charge in [-0.25, -0.2) is 9.52 Å². The molecule has 124 valence electrons. The van der Waals surface area contributed by atoms with Crippen LogP contribution in [0.5, 0.6) is 0 Å². The SMILES string of the molecule is CC(C)C[C@H](CNS(=O)(=O)NC(=O)OC(C)C)CC(=O)O. The summed E-state index contributed by atoms with van der Waals surface area (Å²) in [5.41, 5.74) is 0. The summed E-state index contributed by atoms with van der Waals surface area (Å²) in [6.07, 6.45) is -1.10. The molecule has 0 radical (unpaired) electrons. The highest BCUT2D eigenvalue weighted by Crippen LogP contribution is 2.14. The normalized spacial score (nSPS) is 13.2. The summed E-state index contributed by atoms with van der Waals surface area (Å²) < 4.78 is 31.8. The number of nitrogens with one attached hydrogen (secondary N) is 2. The van der Waals surface area contributed by atoms with Crippen molar-refractivity contribution in [3.63, 3.8) is 0 Å².